The summed E-state index contributed by atoms with van der Waals surface area (Å²) in [6, 6.07) is 3.93. The Kier molecular flexibility index (Phi) is 3.49. The van der Waals surface area contributed by atoms with E-state index in [0.717, 1.165) is 5.56 Å². The van der Waals surface area contributed by atoms with Crippen LogP contribution in [0.1, 0.15) is 19.4 Å². The van der Waals surface area contributed by atoms with Crippen LogP contribution in [0.2, 0.25) is 0 Å². The number of amides is 1. The van der Waals surface area contributed by atoms with E-state index in [1.807, 2.05) is 17.0 Å². The number of thioether (sulfide) groups is 1. The zero-order chi connectivity index (χ0) is 11.5. The Labute approximate surface area is 100 Å². The van der Waals surface area contributed by atoms with Crippen molar-refractivity contribution < 1.29 is 4.79 Å². The molecule has 0 radical (unpaired) electrons. The highest BCUT2D eigenvalue weighted by Gasteiger charge is 2.33. The molecule has 3 nitrogen and oxygen atoms in total. The van der Waals surface area contributed by atoms with Crippen molar-refractivity contribution in [2.24, 2.45) is 5.92 Å². The molecule has 1 aliphatic heterocycles. The fraction of sp³-hybridized carbons (Fsp3) is 0.500. The van der Waals surface area contributed by atoms with E-state index in [-0.39, 0.29) is 5.91 Å². The predicted molar refractivity (Wildman–Crippen MR) is 65.9 cm³/mol. The van der Waals surface area contributed by atoms with Gasteiger partial charge in [0, 0.05) is 18.9 Å². The summed E-state index contributed by atoms with van der Waals surface area (Å²) in [4.78, 5) is 17.7. The molecule has 1 unspecified atom stereocenters. The van der Waals surface area contributed by atoms with E-state index in [4.69, 9.17) is 0 Å². The standard InChI is InChI=1S/C12H16N2OS/c1-9(2)12-14(11(15)8-16-12)7-10-3-5-13-6-4-10/h3-6,9,12H,7-8H2,1-2H3. The van der Waals surface area contributed by atoms with E-state index >= 15 is 0 Å². The van der Waals surface area contributed by atoms with Gasteiger partial charge in [-0.3, -0.25) is 9.78 Å². The van der Waals surface area contributed by atoms with E-state index in [1.54, 1.807) is 24.2 Å². The number of nitrogens with zero attached hydrogens (tertiary/aromatic N) is 2. The van der Waals surface area contributed by atoms with Crippen molar-refractivity contribution in [2.75, 3.05) is 5.75 Å². The average molecular weight is 236 g/mol. The highest BCUT2D eigenvalue weighted by Crippen LogP contribution is 2.31. The maximum Gasteiger partial charge on any atom is 0.233 e. The fourth-order valence-electron chi connectivity index (χ4n) is 1.89. The van der Waals surface area contributed by atoms with Gasteiger partial charge in [-0.25, -0.2) is 0 Å². The minimum absolute atomic E-state index is 0.250. The van der Waals surface area contributed by atoms with Crippen molar-refractivity contribution in [3.05, 3.63) is 30.1 Å². The second-order valence-corrected chi connectivity index (χ2v) is 5.43. The van der Waals surface area contributed by atoms with Gasteiger partial charge in [0.25, 0.3) is 0 Å². The Balaban J connectivity index is 2.10. The molecule has 1 aliphatic rings. The molecule has 0 N–H and O–H groups in total. The first-order chi connectivity index (χ1) is 7.68. The van der Waals surface area contributed by atoms with Crippen molar-refractivity contribution in [1.82, 2.24) is 9.88 Å². The number of carbonyl (C=O) groups excluding carboxylic acids is 1. The molecule has 1 atom stereocenters. The van der Waals surface area contributed by atoms with Crippen LogP contribution in [0, 0.1) is 5.92 Å². The second kappa shape index (κ2) is 4.87. The van der Waals surface area contributed by atoms with Crippen LogP contribution in [0.25, 0.3) is 0 Å². The second-order valence-electron chi connectivity index (χ2n) is 4.32. The number of carbonyl (C=O) groups is 1. The van der Waals surface area contributed by atoms with Gasteiger partial charge >= 0.3 is 0 Å². The fourth-order valence-corrected chi connectivity index (χ4v) is 3.12. The third kappa shape index (κ3) is 2.38. The number of hydrogen-bond donors (Lipinski definition) is 0. The van der Waals surface area contributed by atoms with Crippen LogP contribution in [0.4, 0.5) is 0 Å². The summed E-state index contributed by atoms with van der Waals surface area (Å²) in [7, 11) is 0. The topological polar surface area (TPSA) is 33.2 Å². The highest BCUT2D eigenvalue weighted by atomic mass is 32.2. The van der Waals surface area contributed by atoms with E-state index in [2.05, 4.69) is 18.8 Å². The summed E-state index contributed by atoms with van der Waals surface area (Å²) in [6.07, 6.45) is 3.54. The van der Waals surface area contributed by atoms with Gasteiger partial charge < -0.3 is 4.90 Å². The van der Waals surface area contributed by atoms with Crippen LogP contribution in [0.5, 0.6) is 0 Å². The summed E-state index contributed by atoms with van der Waals surface area (Å²) < 4.78 is 0. The van der Waals surface area contributed by atoms with Gasteiger partial charge in [0.2, 0.25) is 5.91 Å². The van der Waals surface area contributed by atoms with Crippen molar-refractivity contribution >= 4 is 17.7 Å². The zero-order valence-electron chi connectivity index (χ0n) is 9.59. The molecule has 0 spiro atoms. The molecule has 1 amide bonds. The third-order valence-electron chi connectivity index (χ3n) is 2.68. The first kappa shape index (κ1) is 11.5. The molecule has 1 fully saturated rings. The summed E-state index contributed by atoms with van der Waals surface area (Å²) in [5.41, 5.74) is 1.15. The zero-order valence-corrected chi connectivity index (χ0v) is 10.4. The van der Waals surface area contributed by atoms with Crippen molar-refractivity contribution in [1.29, 1.82) is 0 Å². The maximum atomic E-state index is 11.8. The van der Waals surface area contributed by atoms with Gasteiger partial charge in [-0.1, -0.05) is 13.8 Å². The Hall–Kier alpha value is -1.03. The SMILES string of the molecule is CC(C)C1SCC(=O)N1Cc1ccncc1. The molecule has 1 saturated heterocycles. The lowest BCUT2D eigenvalue weighted by Crippen LogP contribution is -2.35. The predicted octanol–water partition coefficient (Wildman–Crippen LogP) is 2.14. The number of pyridine rings is 1. The number of hydrogen-bond acceptors (Lipinski definition) is 3. The van der Waals surface area contributed by atoms with Gasteiger partial charge in [0.15, 0.2) is 0 Å². The Morgan fingerprint density at radius 1 is 1.50 bits per heavy atom. The number of rotatable bonds is 3. The molecule has 16 heavy (non-hydrogen) atoms. The molecule has 1 aromatic heterocycles. The smallest absolute Gasteiger partial charge is 0.233 e. The third-order valence-corrected chi connectivity index (χ3v) is 4.23. The molecule has 0 bridgehead atoms. The molecule has 1 aromatic rings. The van der Waals surface area contributed by atoms with Gasteiger partial charge in [-0.05, 0) is 23.6 Å². The van der Waals surface area contributed by atoms with Gasteiger partial charge in [-0.2, -0.15) is 0 Å². The quantitative estimate of drug-likeness (QED) is 0.806. The summed E-state index contributed by atoms with van der Waals surface area (Å²) >= 11 is 1.75. The highest BCUT2D eigenvalue weighted by molar-refractivity contribution is 8.01. The molecule has 0 aliphatic carbocycles. The summed E-state index contributed by atoms with van der Waals surface area (Å²) in [5.74, 6) is 1.37. The van der Waals surface area contributed by atoms with E-state index in [0.29, 0.717) is 23.6 Å². The van der Waals surface area contributed by atoms with Crippen LogP contribution in [-0.2, 0) is 11.3 Å². The Morgan fingerprint density at radius 2 is 2.19 bits per heavy atom. The minimum atomic E-state index is 0.250. The molecule has 2 rings (SSSR count). The largest absolute Gasteiger partial charge is 0.325 e. The molecular weight excluding hydrogens is 220 g/mol. The maximum absolute atomic E-state index is 11.8. The molecule has 2 heterocycles. The van der Waals surface area contributed by atoms with Crippen molar-refractivity contribution in [3.63, 3.8) is 0 Å². The van der Waals surface area contributed by atoms with Crippen LogP contribution < -0.4 is 0 Å². The average Bonchev–Trinajstić information content (AvgIpc) is 2.62. The normalized spacial score (nSPS) is 20.8. The summed E-state index contributed by atoms with van der Waals surface area (Å²) in [6.45, 7) is 5.03. The summed E-state index contributed by atoms with van der Waals surface area (Å²) in [5, 5.41) is 0.320. The van der Waals surface area contributed by atoms with Crippen molar-refractivity contribution in [2.45, 2.75) is 25.8 Å². The lowest BCUT2D eigenvalue weighted by atomic mass is 10.2. The van der Waals surface area contributed by atoms with Gasteiger partial charge in [0.1, 0.15) is 0 Å². The first-order valence-electron chi connectivity index (χ1n) is 5.48. The molecule has 4 heteroatoms. The van der Waals surface area contributed by atoms with Gasteiger partial charge in [0.05, 0.1) is 11.1 Å². The van der Waals surface area contributed by atoms with Crippen molar-refractivity contribution in [3.8, 4) is 0 Å². The Morgan fingerprint density at radius 3 is 2.81 bits per heavy atom. The minimum Gasteiger partial charge on any atom is -0.325 e. The lowest BCUT2D eigenvalue weighted by molar-refractivity contribution is -0.129. The molecular formula is C12H16N2OS. The number of aromatic nitrogens is 1. The molecule has 0 saturated carbocycles. The van der Waals surface area contributed by atoms with E-state index in [9.17, 15) is 4.79 Å². The lowest BCUT2D eigenvalue weighted by Gasteiger charge is -2.26. The first-order valence-corrected chi connectivity index (χ1v) is 6.53. The molecule has 86 valence electrons. The van der Waals surface area contributed by atoms with Crippen LogP contribution >= 0.6 is 11.8 Å². The van der Waals surface area contributed by atoms with Crippen LogP contribution in [0.3, 0.4) is 0 Å². The van der Waals surface area contributed by atoms with Crippen LogP contribution in [0.15, 0.2) is 24.5 Å². The Bertz CT molecular complexity index is 367. The van der Waals surface area contributed by atoms with Crippen LogP contribution in [-0.4, -0.2) is 26.9 Å². The monoisotopic (exact) mass is 236 g/mol. The molecule has 0 aromatic carbocycles. The van der Waals surface area contributed by atoms with E-state index in [1.165, 1.54) is 0 Å². The van der Waals surface area contributed by atoms with Gasteiger partial charge in [-0.15, -0.1) is 11.8 Å². The van der Waals surface area contributed by atoms with E-state index < -0.39 is 0 Å².